The molecule has 0 bridgehead atoms. The second-order valence-electron chi connectivity index (χ2n) is 13.9. The Morgan fingerprint density at radius 1 is 0.791 bits per heavy atom. The fourth-order valence-corrected chi connectivity index (χ4v) is 6.33. The highest BCUT2D eigenvalue weighted by Crippen LogP contribution is 2.38. The van der Waals surface area contributed by atoms with Gasteiger partial charge >= 0.3 is 11.8 Å². The molecule has 254 valence electrons. The van der Waals surface area contributed by atoms with Gasteiger partial charge in [-0.25, -0.2) is 5.43 Å². The first-order valence-electron chi connectivity index (χ1n) is 16.9. The first kappa shape index (κ1) is 39.7. The average molecular weight is 615 g/mol. The third-order valence-electron chi connectivity index (χ3n) is 8.84. The number of rotatable bonds is 22. The van der Waals surface area contributed by atoms with Crippen LogP contribution in [0.4, 0.5) is 0 Å². The van der Waals surface area contributed by atoms with Crippen molar-refractivity contribution in [3.8, 4) is 0 Å². The maximum Gasteiger partial charge on any atom is 0.323 e. The molecule has 2 amide bonds. The molecule has 1 aliphatic heterocycles. The van der Waals surface area contributed by atoms with Crippen LogP contribution in [0.2, 0.25) is 0 Å². The summed E-state index contributed by atoms with van der Waals surface area (Å²) in [7, 11) is 0. The Hall–Kier alpha value is -1.30. The molecule has 1 rings (SSSR count). The maximum atomic E-state index is 12.7. The summed E-state index contributed by atoms with van der Waals surface area (Å²) in [6.07, 6.45) is 8.98. The van der Waals surface area contributed by atoms with Gasteiger partial charge in [0.15, 0.2) is 0 Å². The highest BCUT2D eigenvalue weighted by molar-refractivity contribution is 6.35. The molecule has 0 aromatic carbocycles. The van der Waals surface area contributed by atoms with Gasteiger partial charge in [0.05, 0.1) is 25.4 Å². The van der Waals surface area contributed by atoms with E-state index in [1.54, 1.807) is 0 Å². The summed E-state index contributed by atoms with van der Waals surface area (Å²) in [6, 6.07) is -0.199. The molecule has 0 saturated carbocycles. The maximum absolute atomic E-state index is 12.7. The van der Waals surface area contributed by atoms with E-state index in [9.17, 15) is 19.8 Å². The minimum absolute atomic E-state index is 0.0765. The summed E-state index contributed by atoms with van der Waals surface area (Å²) in [5.74, 6) is -0.492. The second-order valence-corrected chi connectivity index (χ2v) is 13.9. The average Bonchev–Trinajstić information content (AvgIpc) is 2.93. The number of hydrogen-bond acceptors (Lipinski definition) is 8. The van der Waals surface area contributed by atoms with Crippen LogP contribution in [-0.2, 0) is 19.1 Å². The van der Waals surface area contributed by atoms with Crippen LogP contribution in [-0.4, -0.2) is 95.8 Å². The summed E-state index contributed by atoms with van der Waals surface area (Å²) in [5, 5.41) is 23.9. The molecule has 0 aromatic rings. The monoisotopic (exact) mass is 614 g/mol. The summed E-state index contributed by atoms with van der Waals surface area (Å²) >= 11 is 0. The lowest BCUT2D eigenvalue weighted by atomic mass is 9.76. The topological polar surface area (TPSA) is 132 Å². The SMILES string of the molecule is CCCCC(CC)COCC(O)CNNC(=O)C(=O)NC1CC(C)(C)N(CC(O)COCC(CC)CCCC)C(C)(C)C1. The third-order valence-corrected chi connectivity index (χ3v) is 8.84. The van der Waals surface area contributed by atoms with Crippen molar-refractivity contribution in [2.45, 2.75) is 149 Å². The van der Waals surface area contributed by atoms with Gasteiger partial charge in [-0.3, -0.25) is 19.9 Å². The molecular formula is C33H66N4O6. The van der Waals surface area contributed by atoms with Gasteiger partial charge in [-0.15, -0.1) is 0 Å². The van der Waals surface area contributed by atoms with Gasteiger partial charge in [-0.1, -0.05) is 66.2 Å². The molecular weight excluding hydrogens is 548 g/mol. The van der Waals surface area contributed by atoms with Crippen molar-refractivity contribution in [3.63, 3.8) is 0 Å². The first-order chi connectivity index (χ1) is 20.3. The van der Waals surface area contributed by atoms with Crippen molar-refractivity contribution in [3.05, 3.63) is 0 Å². The van der Waals surface area contributed by atoms with Crippen LogP contribution < -0.4 is 16.2 Å². The van der Waals surface area contributed by atoms with Gasteiger partial charge in [0.1, 0.15) is 0 Å². The van der Waals surface area contributed by atoms with E-state index in [1.165, 1.54) is 19.3 Å². The fraction of sp³-hybridized carbons (Fsp3) is 0.939. The summed E-state index contributed by atoms with van der Waals surface area (Å²) in [4.78, 5) is 27.4. The van der Waals surface area contributed by atoms with Gasteiger partial charge in [-0.05, 0) is 65.2 Å². The van der Waals surface area contributed by atoms with Crippen LogP contribution >= 0.6 is 0 Å². The molecule has 0 aliphatic carbocycles. The Morgan fingerprint density at radius 3 is 1.74 bits per heavy atom. The van der Waals surface area contributed by atoms with Crippen molar-refractivity contribution in [1.82, 2.24) is 21.1 Å². The summed E-state index contributed by atoms with van der Waals surface area (Å²) in [6.45, 7) is 19.4. The van der Waals surface area contributed by atoms with Crippen LogP contribution in [0.5, 0.6) is 0 Å². The van der Waals surface area contributed by atoms with E-state index in [1.807, 2.05) is 0 Å². The summed E-state index contributed by atoms with van der Waals surface area (Å²) in [5.41, 5.74) is 4.40. The van der Waals surface area contributed by atoms with Crippen molar-refractivity contribution in [2.24, 2.45) is 11.8 Å². The lowest BCUT2D eigenvalue weighted by Crippen LogP contribution is -2.66. The Labute approximate surface area is 262 Å². The van der Waals surface area contributed by atoms with Crippen molar-refractivity contribution >= 4 is 11.8 Å². The number of carbonyl (C=O) groups is 2. The zero-order valence-electron chi connectivity index (χ0n) is 28.7. The highest BCUT2D eigenvalue weighted by Gasteiger charge is 2.46. The number of ether oxygens (including phenoxy) is 2. The number of piperidine rings is 1. The lowest BCUT2D eigenvalue weighted by Gasteiger charge is -2.56. The highest BCUT2D eigenvalue weighted by atomic mass is 16.5. The Morgan fingerprint density at radius 2 is 1.28 bits per heavy atom. The normalized spacial score (nSPS) is 19.9. The largest absolute Gasteiger partial charge is 0.389 e. The van der Waals surface area contributed by atoms with Gasteiger partial charge in [0, 0.05) is 43.4 Å². The van der Waals surface area contributed by atoms with E-state index in [2.05, 4.69) is 76.5 Å². The number of likely N-dealkylation sites (tertiary alicyclic amines) is 1. The zero-order valence-corrected chi connectivity index (χ0v) is 28.7. The van der Waals surface area contributed by atoms with E-state index in [0.29, 0.717) is 51.0 Å². The van der Waals surface area contributed by atoms with Crippen LogP contribution in [0, 0.1) is 11.8 Å². The van der Waals surface area contributed by atoms with Crippen molar-refractivity contribution < 1.29 is 29.3 Å². The van der Waals surface area contributed by atoms with Gasteiger partial charge in [0.25, 0.3) is 0 Å². The van der Waals surface area contributed by atoms with Crippen molar-refractivity contribution in [2.75, 3.05) is 39.5 Å². The Bertz CT molecular complexity index is 762. The zero-order chi connectivity index (χ0) is 32.5. The van der Waals surface area contributed by atoms with Gasteiger partial charge < -0.3 is 25.0 Å². The van der Waals surface area contributed by atoms with E-state index in [4.69, 9.17) is 9.47 Å². The van der Waals surface area contributed by atoms with E-state index >= 15 is 0 Å². The fourth-order valence-electron chi connectivity index (χ4n) is 6.33. The number of hydrogen-bond donors (Lipinski definition) is 5. The number of aliphatic hydroxyl groups excluding tert-OH is 2. The molecule has 4 atom stereocenters. The Kier molecular flexibility index (Phi) is 19.1. The number of amides is 2. The van der Waals surface area contributed by atoms with Crippen LogP contribution in [0.1, 0.15) is 120 Å². The third kappa shape index (κ3) is 15.5. The van der Waals surface area contributed by atoms with E-state index < -0.39 is 24.0 Å². The second kappa shape index (κ2) is 20.7. The minimum Gasteiger partial charge on any atom is -0.389 e. The molecule has 4 unspecified atom stereocenters. The van der Waals surface area contributed by atoms with E-state index in [0.717, 1.165) is 32.1 Å². The smallest absolute Gasteiger partial charge is 0.323 e. The predicted octanol–water partition coefficient (Wildman–Crippen LogP) is 3.93. The van der Waals surface area contributed by atoms with Crippen LogP contribution in [0.25, 0.3) is 0 Å². The molecule has 1 saturated heterocycles. The van der Waals surface area contributed by atoms with Crippen molar-refractivity contribution in [1.29, 1.82) is 0 Å². The molecule has 10 heteroatoms. The first-order valence-corrected chi connectivity index (χ1v) is 16.9. The molecule has 5 N–H and O–H groups in total. The number of hydrazine groups is 1. The number of aliphatic hydroxyl groups is 2. The number of unbranched alkanes of at least 4 members (excludes halogenated alkanes) is 2. The van der Waals surface area contributed by atoms with Crippen LogP contribution in [0.3, 0.4) is 0 Å². The molecule has 1 aliphatic rings. The van der Waals surface area contributed by atoms with Crippen LogP contribution in [0.15, 0.2) is 0 Å². The molecule has 1 fully saturated rings. The standard InChI is InChI=1S/C33H66N4O6/c1-9-13-15-25(11-3)21-42-23-28(38)19-34-36-31(41)30(40)35-27-17-32(5,6)37(33(7,8)18-27)20-29(39)24-43-22-26(12-4)16-14-10-2/h25-29,34,38-39H,9-24H2,1-8H3,(H,35,40)(H,36,41). The molecule has 0 spiro atoms. The Balaban J connectivity index is 2.47. The molecule has 43 heavy (non-hydrogen) atoms. The number of nitrogens with one attached hydrogen (secondary N) is 3. The van der Waals surface area contributed by atoms with Gasteiger partial charge in [0.2, 0.25) is 0 Å². The minimum atomic E-state index is -0.798. The number of β-amino-alcohol motifs (C(OH)–C–C–N with tert-alkyl or cyclic N) is 1. The predicted molar refractivity (Wildman–Crippen MR) is 172 cm³/mol. The van der Waals surface area contributed by atoms with Gasteiger partial charge in [-0.2, -0.15) is 0 Å². The number of carbonyl (C=O) groups excluding carboxylic acids is 2. The molecule has 0 aromatic heterocycles. The molecule has 0 radical (unpaired) electrons. The molecule has 10 nitrogen and oxygen atoms in total. The lowest BCUT2D eigenvalue weighted by molar-refractivity contribution is -0.141. The van der Waals surface area contributed by atoms with E-state index in [-0.39, 0.29) is 30.3 Å². The molecule has 1 heterocycles. The quantitative estimate of drug-likeness (QED) is 0.0916. The summed E-state index contributed by atoms with van der Waals surface area (Å²) < 4.78 is 11.6. The number of nitrogens with zero attached hydrogens (tertiary/aromatic N) is 1.